The topological polar surface area (TPSA) is 37.5 Å². The van der Waals surface area contributed by atoms with E-state index in [1.54, 1.807) is 11.3 Å². The highest BCUT2D eigenvalue weighted by Crippen LogP contribution is 2.15. The Kier molecular flexibility index (Phi) is 6.54. The molecule has 1 N–H and O–H groups in total. The minimum absolute atomic E-state index is 0.241. The Morgan fingerprint density at radius 1 is 1.20 bits per heavy atom. The Bertz CT molecular complexity index is 463. The third-order valence-electron chi connectivity index (χ3n) is 3.73. The predicted octanol–water partition coefficient (Wildman–Crippen LogP) is 4.44. The number of aliphatic hydroxyl groups is 1. The van der Waals surface area contributed by atoms with Crippen molar-refractivity contribution in [1.29, 1.82) is 0 Å². The second-order valence-corrected chi connectivity index (χ2v) is 6.47. The molecule has 2 aromatic heterocycles. The number of unbranched alkanes of at least 4 members (excludes halogenated alkanes) is 6. The molecule has 20 heavy (non-hydrogen) atoms. The fraction of sp³-hybridized carbons (Fsp3) is 0.688. The number of hydrogen-bond acceptors (Lipinski definition) is 3. The summed E-state index contributed by atoms with van der Waals surface area (Å²) < 4.78 is 2.03. The fourth-order valence-electron chi connectivity index (χ4n) is 2.55. The van der Waals surface area contributed by atoms with Gasteiger partial charge in [-0.15, -0.1) is 11.3 Å². The van der Waals surface area contributed by atoms with Crippen LogP contribution in [0, 0.1) is 0 Å². The van der Waals surface area contributed by atoms with Gasteiger partial charge >= 0.3 is 0 Å². The van der Waals surface area contributed by atoms with Gasteiger partial charge in [-0.25, -0.2) is 4.98 Å². The summed E-state index contributed by atoms with van der Waals surface area (Å²) in [6.07, 6.45) is 14.5. The van der Waals surface area contributed by atoms with Crippen LogP contribution in [-0.2, 0) is 6.42 Å². The summed E-state index contributed by atoms with van der Waals surface area (Å²) in [6.45, 7) is 2.25. The molecule has 0 spiro atoms. The lowest BCUT2D eigenvalue weighted by atomic mass is 10.0. The third-order valence-corrected chi connectivity index (χ3v) is 4.50. The van der Waals surface area contributed by atoms with Crippen molar-refractivity contribution in [3.05, 3.63) is 23.5 Å². The van der Waals surface area contributed by atoms with Gasteiger partial charge in [-0.1, -0.05) is 51.9 Å². The van der Waals surface area contributed by atoms with E-state index in [2.05, 4.69) is 11.9 Å². The van der Waals surface area contributed by atoms with Gasteiger partial charge < -0.3 is 5.11 Å². The zero-order valence-corrected chi connectivity index (χ0v) is 13.2. The Labute approximate surface area is 125 Å². The van der Waals surface area contributed by atoms with Crippen LogP contribution in [0.5, 0.6) is 0 Å². The molecule has 0 saturated carbocycles. The van der Waals surface area contributed by atoms with Crippen LogP contribution in [0.15, 0.2) is 17.8 Å². The van der Waals surface area contributed by atoms with E-state index in [-0.39, 0.29) is 6.10 Å². The average molecular weight is 294 g/mol. The summed E-state index contributed by atoms with van der Waals surface area (Å²) in [7, 11) is 0. The van der Waals surface area contributed by atoms with Crippen LogP contribution in [0.1, 0.15) is 64.0 Å². The van der Waals surface area contributed by atoms with Crippen molar-refractivity contribution in [3.63, 3.8) is 0 Å². The maximum absolute atomic E-state index is 10.1. The van der Waals surface area contributed by atoms with Crippen LogP contribution >= 0.6 is 11.3 Å². The number of thiazole rings is 1. The highest BCUT2D eigenvalue weighted by Gasteiger charge is 2.09. The summed E-state index contributed by atoms with van der Waals surface area (Å²) in [6, 6.07) is 0. The second kappa shape index (κ2) is 8.42. The molecule has 2 rings (SSSR count). The summed E-state index contributed by atoms with van der Waals surface area (Å²) >= 11 is 1.64. The lowest BCUT2D eigenvalue weighted by Gasteiger charge is -2.08. The second-order valence-electron chi connectivity index (χ2n) is 5.59. The van der Waals surface area contributed by atoms with Gasteiger partial charge in [-0.05, 0) is 6.42 Å². The minimum atomic E-state index is -0.241. The normalized spacial score (nSPS) is 13.1. The van der Waals surface area contributed by atoms with Gasteiger partial charge in [0.15, 0.2) is 4.96 Å². The minimum Gasteiger partial charge on any atom is -0.393 e. The molecule has 0 aromatic carbocycles. The standard InChI is InChI=1S/C16H26N2OS/c1-2-3-4-5-6-7-8-9-15(19)12-14-13-18-10-11-20-16(18)17-14/h10-11,13,15,19H,2-9,12H2,1H3. The van der Waals surface area contributed by atoms with Gasteiger partial charge in [0.1, 0.15) is 0 Å². The Hall–Kier alpha value is -0.870. The first-order valence-electron chi connectivity index (χ1n) is 7.88. The van der Waals surface area contributed by atoms with Crippen molar-refractivity contribution >= 4 is 16.3 Å². The monoisotopic (exact) mass is 294 g/mol. The van der Waals surface area contributed by atoms with E-state index >= 15 is 0 Å². The van der Waals surface area contributed by atoms with E-state index in [0.29, 0.717) is 6.42 Å². The van der Waals surface area contributed by atoms with Crippen molar-refractivity contribution in [1.82, 2.24) is 9.38 Å². The lowest BCUT2D eigenvalue weighted by molar-refractivity contribution is 0.160. The summed E-state index contributed by atoms with van der Waals surface area (Å²) in [5, 5.41) is 12.1. The van der Waals surface area contributed by atoms with E-state index in [9.17, 15) is 5.11 Å². The van der Waals surface area contributed by atoms with Gasteiger partial charge in [0, 0.05) is 24.2 Å². The molecule has 0 saturated heterocycles. The summed E-state index contributed by atoms with van der Waals surface area (Å²) in [5.41, 5.74) is 1.01. The molecule has 1 atom stereocenters. The maximum atomic E-state index is 10.1. The molecular formula is C16H26N2OS. The number of rotatable bonds is 10. The van der Waals surface area contributed by atoms with Crippen LogP contribution in [-0.4, -0.2) is 20.6 Å². The van der Waals surface area contributed by atoms with Crippen LogP contribution in [0.3, 0.4) is 0 Å². The number of aromatic nitrogens is 2. The van der Waals surface area contributed by atoms with E-state index in [1.165, 1.54) is 38.5 Å². The molecule has 0 bridgehead atoms. The molecule has 4 heteroatoms. The van der Waals surface area contributed by atoms with E-state index in [4.69, 9.17) is 0 Å². The highest BCUT2D eigenvalue weighted by atomic mass is 32.1. The fourth-order valence-corrected chi connectivity index (χ4v) is 3.27. The predicted molar refractivity (Wildman–Crippen MR) is 85.4 cm³/mol. The quantitative estimate of drug-likeness (QED) is 0.658. The SMILES string of the molecule is CCCCCCCCCC(O)Cc1cn2ccsc2n1. The van der Waals surface area contributed by atoms with E-state index in [0.717, 1.165) is 23.5 Å². The van der Waals surface area contributed by atoms with E-state index < -0.39 is 0 Å². The van der Waals surface area contributed by atoms with Gasteiger partial charge in [0.25, 0.3) is 0 Å². The van der Waals surface area contributed by atoms with Crippen LogP contribution < -0.4 is 0 Å². The smallest absolute Gasteiger partial charge is 0.193 e. The largest absolute Gasteiger partial charge is 0.393 e. The highest BCUT2D eigenvalue weighted by molar-refractivity contribution is 7.15. The van der Waals surface area contributed by atoms with Crippen molar-refractivity contribution in [2.24, 2.45) is 0 Å². The first kappa shape index (κ1) is 15.5. The molecule has 3 nitrogen and oxygen atoms in total. The zero-order valence-electron chi connectivity index (χ0n) is 12.4. The number of hydrogen-bond donors (Lipinski definition) is 1. The van der Waals surface area contributed by atoms with Crippen molar-refractivity contribution in [3.8, 4) is 0 Å². The van der Waals surface area contributed by atoms with Crippen molar-refractivity contribution in [2.75, 3.05) is 0 Å². The first-order valence-corrected chi connectivity index (χ1v) is 8.76. The van der Waals surface area contributed by atoms with Crippen LogP contribution in [0.2, 0.25) is 0 Å². The molecule has 0 radical (unpaired) electrons. The Morgan fingerprint density at radius 3 is 2.70 bits per heavy atom. The number of aliphatic hydroxyl groups excluding tert-OH is 1. The summed E-state index contributed by atoms with van der Waals surface area (Å²) in [4.78, 5) is 5.53. The molecular weight excluding hydrogens is 268 g/mol. The van der Waals surface area contributed by atoms with E-state index in [1.807, 2.05) is 22.2 Å². The molecule has 1 unspecified atom stereocenters. The number of imidazole rings is 1. The lowest BCUT2D eigenvalue weighted by Crippen LogP contribution is -2.10. The molecule has 0 aliphatic carbocycles. The van der Waals surface area contributed by atoms with Crippen molar-refractivity contribution < 1.29 is 5.11 Å². The van der Waals surface area contributed by atoms with Gasteiger partial charge in [-0.2, -0.15) is 0 Å². The number of nitrogens with zero attached hydrogens (tertiary/aromatic N) is 2. The molecule has 0 amide bonds. The Morgan fingerprint density at radius 2 is 1.95 bits per heavy atom. The maximum Gasteiger partial charge on any atom is 0.193 e. The van der Waals surface area contributed by atoms with Gasteiger partial charge in [-0.3, -0.25) is 4.40 Å². The molecule has 0 aliphatic rings. The summed E-state index contributed by atoms with van der Waals surface area (Å²) in [5.74, 6) is 0. The van der Waals surface area contributed by atoms with Crippen LogP contribution in [0.25, 0.3) is 4.96 Å². The Balaban J connectivity index is 1.58. The molecule has 0 aliphatic heterocycles. The van der Waals surface area contributed by atoms with Gasteiger partial charge in [0.2, 0.25) is 0 Å². The number of fused-ring (bicyclic) bond motifs is 1. The zero-order chi connectivity index (χ0) is 14.2. The molecule has 2 aromatic rings. The van der Waals surface area contributed by atoms with Gasteiger partial charge in [0.05, 0.1) is 11.8 Å². The molecule has 112 valence electrons. The van der Waals surface area contributed by atoms with Crippen LogP contribution in [0.4, 0.5) is 0 Å². The van der Waals surface area contributed by atoms with Crippen molar-refractivity contribution in [2.45, 2.75) is 70.8 Å². The molecule has 0 fully saturated rings. The first-order chi connectivity index (χ1) is 9.79. The average Bonchev–Trinajstić information content (AvgIpc) is 2.98. The third kappa shape index (κ3) is 4.91. The molecule has 2 heterocycles.